The summed E-state index contributed by atoms with van der Waals surface area (Å²) in [6.07, 6.45) is 3.97. The van der Waals surface area contributed by atoms with Crippen LogP contribution in [0.15, 0.2) is 0 Å². The number of nitrogens with one attached hydrogen (secondary N) is 4. The molecule has 0 aliphatic heterocycles. The van der Waals surface area contributed by atoms with Crippen molar-refractivity contribution in [3.8, 4) is 0 Å². The van der Waals surface area contributed by atoms with E-state index in [0.717, 1.165) is 71.1 Å². The van der Waals surface area contributed by atoms with Crippen molar-refractivity contribution < 1.29 is 85.5 Å². The lowest BCUT2D eigenvalue weighted by atomic mass is 9.79. The number of rotatable bonds is 63. The standard InChI is InChI=1S/C50H110N8O14.4CH2O.16CH4/c1-5-59-41-55-20-15-45(35-56-42-60-6-2)47(37-58-44-62-8-4)46(36-57-43-61-7-3)38-67-21-9-10-22-68-39-48(70-32-29-64-24-12-17-52)50(72-34-31-66-26-14-19-54)49(71-33-30-65-25-13-18-53)40-69-28-27-63-23-11-16-51;4*1-2;;;;;;;;;;;;;;;;/h45-50,55-58H,5-44,51-54H2,1-4H3;4*1H2;16*1H4. The molecule has 0 rings (SSSR count). The third-order valence-electron chi connectivity index (χ3n) is 11.2. The van der Waals surface area contributed by atoms with E-state index in [2.05, 4.69) is 21.3 Å². The minimum atomic E-state index is -0.583. The zero-order valence-corrected chi connectivity index (χ0v) is 50.2. The monoisotopic (exact) mass is 1420 g/mol. The predicted molar refractivity (Wildman–Crippen MR) is 418 cm³/mol. The van der Waals surface area contributed by atoms with Crippen LogP contribution in [-0.2, 0) is 85.5 Å². The maximum atomic E-state index is 8.00. The van der Waals surface area contributed by atoms with Crippen molar-refractivity contribution in [1.29, 1.82) is 0 Å². The molecule has 6 unspecified atom stereocenters. The Morgan fingerprint density at radius 2 is 0.562 bits per heavy atom. The van der Waals surface area contributed by atoms with E-state index in [1.807, 2.05) is 54.9 Å². The zero-order valence-electron chi connectivity index (χ0n) is 50.2. The van der Waals surface area contributed by atoms with Gasteiger partial charge in [-0.1, -0.05) is 119 Å². The molecule has 0 heterocycles. The lowest BCUT2D eigenvalue weighted by molar-refractivity contribution is -0.179. The Kier molecular flexibility index (Phi) is 228. The van der Waals surface area contributed by atoms with Crippen LogP contribution in [-0.4, -0.2) is 263 Å². The molecule has 26 nitrogen and oxygen atoms in total. The van der Waals surface area contributed by atoms with E-state index in [9.17, 15) is 0 Å². The van der Waals surface area contributed by atoms with Crippen LogP contribution in [0, 0.1) is 17.8 Å². The number of nitrogens with two attached hydrogens (primary N) is 4. The number of hydrogen-bond acceptors (Lipinski definition) is 26. The maximum Gasteiger partial charge on any atom is 0.114 e. The van der Waals surface area contributed by atoms with Crippen LogP contribution in [0.1, 0.15) is 191 Å². The molecular formula is C70H182N8O18. The summed E-state index contributed by atoms with van der Waals surface area (Å²) < 4.78 is 84.3. The van der Waals surface area contributed by atoms with Gasteiger partial charge in [0.1, 0.15) is 45.5 Å². The smallest absolute Gasteiger partial charge is 0.114 e. The number of hydrogen-bond donors (Lipinski definition) is 8. The Bertz CT molecular complexity index is 1110. The Balaban J connectivity index is -0.000000118. The summed E-state index contributed by atoms with van der Waals surface area (Å²) >= 11 is 0. The van der Waals surface area contributed by atoms with Gasteiger partial charge in [0.15, 0.2) is 0 Å². The van der Waals surface area contributed by atoms with Crippen LogP contribution >= 0.6 is 0 Å². The third-order valence-corrected chi connectivity index (χ3v) is 11.2. The van der Waals surface area contributed by atoms with Crippen LogP contribution in [0.5, 0.6) is 0 Å². The highest BCUT2D eigenvalue weighted by molar-refractivity contribution is 5.11. The van der Waals surface area contributed by atoms with Gasteiger partial charge in [-0.15, -0.1) is 0 Å². The van der Waals surface area contributed by atoms with Gasteiger partial charge >= 0.3 is 0 Å². The fraction of sp³-hybridized carbons (Fsp3) is 0.943. The fourth-order valence-electron chi connectivity index (χ4n) is 7.29. The van der Waals surface area contributed by atoms with Gasteiger partial charge in [-0.25, -0.2) is 0 Å². The average Bonchev–Trinajstić information content (AvgIpc) is 1.72. The van der Waals surface area contributed by atoms with E-state index in [4.69, 9.17) is 108 Å². The van der Waals surface area contributed by atoms with E-state index in [-0.39, 0.29) is 144 Å². The molecular weight excluding hydrogens is 1240 g/mol. The molecule has 0 saturated carbocycles. The second-order valence-corrected chi connectivity index (χ2v) is 17.0. The minimum absolute atomic E-state index is 0. The maximum absolute atomic E-state index is 8.00. The Hall–Kier alpha value is -2.20. The van der Waals surface area contributed by atoms with Gasteiger partial charge < -0.3 is 108 Å². The first-order chi connectivity index (χ1) is 39.6. The lowest BCUT2D eigenvalue weighted by Crippen LogP contribution is -2.48. The molecule has 0 aromatic rings. The second-order valence-electron chi connectivity index (χ2n) is 17.0. The van der Waals surface area contributed by atoms with E-state index in [1.165, 1.54) is 0 Å². The lowest BCUT2D eigenvalue weighted by Gasteiger charge is -2.35. The summed E-state index contributed by atoms with van der Waals surface area (Å²) in [4.78, 5) is 32.0. The molecule has 0 aliphatic carbocycles. The molecule has 0 radical (unpaired) electrons. The highest BCUT2D eigenvalue weighted by atomic mass is 16.6. The Morgan fingerprint density at radius 3 is 0.906 bits per heavy atom. The molecule has 0 bridgehead atoms. The van der Waals surface area contributed by atoms with Crippen molar-refractivity contribution in [2.75, 3.05) is 218 Å². The van der Waals surface area contributed by atoms with Crippen molar-refractivity contribution in [2.45, 2.75) is 210 Å². The third kappa shape index (κ3) is 110. The van der Waals surface area contributed by atoms with Gasteiger partial charge in [0, 0.05) is 85.7 Å². The summed E-state index contributed by atoms with van der Waals surface area (Å²) in [7, 11) is 0. The number of unbranched alkanes of at least 4 members (excludes halogenated alkanes) is 1. The van der Waals surface area contributed by atoms with Crippen LogP contribution in [0.3, 0.4) is 0 Å². The molecule has 96 heavy (non-hydrogen) atoms. The summed E-state index contributed by atoms with van der Waals surface area (Å²) in [6.45, 7) is 33.2. The van der Waals surface area contributed by atoms with Crippen LogP contribution < -0.4 is 44.2 Å². The van der Waals surface area contributed by atoms with Gasteiger partial charge in [0.25, 0.3) is 0 Å². The number of carbonyl (C=O) groups excluding carboxylic acids is 4. The first kappa shape index (κ1) is 152. The summed E-state index contributed by atoms with van der Waals surface area (Å²) in [5.74, 6) is 0.737. The Morgan fingerprint density at radius 1 is 0.292 bits per heavy atom. The first-order valence-electron chi connectivity index (χ1n) is 28.6. The molecule has 0 fully saturated rings. The van der Waals surface area contributed by atoms with Gasteiger partial charge in [-0.3, -0.25) is 21.3 Å². The quantitative estimate of drug-likeness (QED) is 0.0207. The van der Waals surface area contributed by atoms with E-state index in [1.54, 1.807) is 0 Å². The van der Waals surface area contributed by atoms with Crippen molar-refractivity contribution in [3.05, 3.63) is 0 Å². The topological polar surface area (TPSA) is 350 Å². The molecule has 610 valence electrons. The van der Waals surface area contributed by atoms with Crippen molar-refractivity contribution >= 4 is 27.2 Å². The van der Waals surface area contributed by atoms with Crippen molar-refractivity contribution in [2.24, 2.45) is 40.7 Å². The molecule has 0 aromatic carbocycles. The highest BCUT2D eigenvalue weighted by Gasteiger charge is 2.34. The van der Waals surface area contributed by atoms with Crippen molar-refractivity contribution in [3.63, 3.8) is 0 Å². The molecule has 0 spiro atoms. The highest BCUT2D eigenvalue weighted by Crippen LogP contribution is 2.25. The van der Waals surface area contributed by atoms with Gasteiger partial charge in [-0.2, -0.15) is 0 Å². The molecule has 0 saturated heterocycles. The van der Waals surface area contributed by atoms with E-state index >= 15 is 0 Å². The van der Waals surface area contributed by atoms with E-state index in [0.29, 0.717) is 185 Å². The largest absolute Gasteiger partial charge is 0.381 e. The normalized spacial score (nSPS) is 11.0. The predicted octanol–water partition coefficient (Wildman–Crippen LogP) is 10.4. The molecule has 0 aliphatic rings. The zero-order chi connectivity index (χ0) is 60.5. The van der Waals surface area contributed by atoms with Gasteiger partial charge in [0.05, 0.1) is 99.6 Å². The van der Waals surface area contributed by atoms with Gasteiger partial charge in [0.2, 0.25) is 0 Å². The van der Waals surface area contributed by atoms with Crippen LogP contribution in [0.4, 0.5) is 0 Å². The van der Waals surface area contributed by atoms with Crippen LogP contribution in [0.25, 0.3) is 0 Å². The van der Waals surface area contributed by atoms with Crippen molar-refractivity contribution in [1.82, 2.24) is 21.3 Å². The van der Waals surface area contributed by atoms with Crippen LogP contribution in [0.2, 0.25) is 0 Å². The average molecular weight is 1420 g/mol. The second kappa shape index (κ2) is 144. The molecule has 6 atom stereocenters. The van der Waals surface area contributed by atoms with Gasteiger partial charge in [-0.05, 0) is 123 Å². The first-order valence-corrected chi connectivity index (χ1v) is 28.6. The number of carbonyl (C=O) groups is 4. The fourth-order valence-corrected chi connectivity index (χ4v) is 7.29. The molecule has 0 aromatic heterocycles. The summed E-state index contributed by atoms with van der Waals surface area (Å²) in [5, 5.41) is 14.1. The Labute approximate surface area is 600 Å². The minimum Gasteiger partial charge on any atom is -0.381 e. The molecule has 26 heteroatoms. The molecule has 0 amide bonds. The summed E-state index contributed by atoms with van der Waals surface area (Å²) in [6, 6.07) is 0. The van der Waals surface area contributed by atoms with E-state index < -0.39 is 18.3 Å². The SMILES string of the molecule is C.C.C.C.C.C.C.C.C.C.C.C.C.C.C.C.C=O.C=O.C=O.C=O.CCOCNCCC(CNCOCC)C(CNCOCC)C(CNCOCC)COCCCCOCC(OCCOCCCN)C(OCCOCCCN)C(COCCOCCCN)OCCOCCCN. The number of ether oxygens (including phenoxy) is 14. The molecule has 12 N–H and O–H groups in total. The summed E-state index contributed by atoms with van der Waals surface area (Å²) in [5.41, 5.74) is 22.7.